The van der Waals surface area contributed by atoms with Gasteiger partial charge in [-0.1, -0.05) is 5.92 Å². The predicted octanol–water partition coefficient (Wildman–Crippen LogP) is 2.39. The Balaban J connectivity index is 2.60. The Kier molecular flexibility index (Phi) is 4.36. The maximum atomic E-state index is 5.37. The molecule has 1 aromatic rings. The van der Waals surface area contributed by atoms with E-state index in [9.17, 15) is 0 Å². The highest BCUT2D eigenvalue weighted by Gasteiger charge is 2.14. The summed E-state index contributed by atoms with van der Waals surface area (Å²) >= 11 is 5.16. The van der Waals surface area contributed by atoms with E-state index in [1.54, 1.807) is 7.11 Å². The molecule has 0 amide bonds. The molecule has 0 aliphatic carbocycles. The summed E-state index contributed by atoms with van der Waals surface area (Å²) in [5.74, 6) is 3.42. The lowest BCUT2D eigenvalue weighted by Gasteiger charge is -2.22. The molecule has 0 aromatic heterocycles. The fourth-order valence-corrected chi connectivity index (χ4v) is 1.53. The molecular formula is C13H16N2OS. The van der Waals surface area contributed by atoms with Crippen molar-refractivity contribution in [2.45, 2.75) is 19.4 Å². The third kappa shape index (κ3) is 4.33. The number of hydrogen-bond acceptors (Lipinski definition) is 2. The smallest absolute Gasteiger partial charge is 0.171 e. The van der Waals surface area contributed by atoms with Gasteiger partial charge in [0.15, 0.2) is 5.11 Å². The van der Waals surface area contributed by atoms with Gasteiger partial charge >= 0.3 is 0 Å². The molecule has 0 saturated heterocycles. The Labute approximate surface area is 108 Å². The number of thiocarbonyl (C=S) groups is 1. The molecule has 0 fully saturated rings. The second-order valence-electron chi connectivity index (χ2n) is 4.08. The van der Waals surface area contributed by atoms with Crippen molar-refractivity contribution < 1.29 is 4.74 Å². The van der Waals surface area contributed by atoms with Crippen molar-refractivity contribution in [3.05, 3.63) is 24.3 Å². The van der Waals surface area contributed by atoms with Gasteiger partial charge in [-0.2, -0.15) is 0 Å². The van der Waals surface area contributed by atoms with Gasteiger partial charge in [0.2, 0.25) is 0 Å². The van der Waals surface area contributed by atoms with Crippen LogP contribution in [0.4, 0.5) is 5.69 Å². The predicted molar refractivity (Wildman–Crippen MR) is 75.3 cm³/mol. The van der Waals surface area contributed by atoms with Gasteiger partial charge in [-0.25, -0.2) is 0 Å². The van der Waals surface area contributed by atoms with Crippen LogP contribution in [0.3, 0.4) is 0 Å². The zero-order valence-corrected chi connectivity index (χ0v) is 11.0. The van der Waals surface area contributed by atoms with Gasteiger partial charge in [-0.05, 0) is 50.3 Å². The van der Waals surface area contributed by atoms with Gasteiger partial charge in [0.25, 0.3) is 0 Å². The van der Waals surface area contributed by atoms with Gasteiger partial charge in [0.05, 0.1) is 12.6 Å². The van der Waals surface area contributed by atoms with Crippen molar-refractivity contribution in [1.82, 2.24) is 5.32 Å². The molecule has 90 valence electrons. The number of nitrogens with one attached hydrogen (secondary N) is 2. The van der Waals surface area contributed by atoms with E-state index in [0.717, 1.165) is 11.4 Å². The lowest BCUT2D eigenvalue weighted by Crippen LogP contribution is -2.44. The molecule has 1 rings (SSSR count). The fourth-order valence-electron chi connectivity index (χ4n) is 1.16. The van der Waals surface area contributed by atoms with Crippen molar-refractivity contribution in [3.8, 4) is 18.1 Å². The molecule has 0 unspecified atom stereocenters. The molecule has 4 heteroatoms. The van der Waals surface area contributed by atoms with Crippen LogP contribution in [0, 0.1) is 12.3 Å². The molecule has 0 atom stereocenters. The minimum Gasteiger partial charge on any atom is -0.497 e. The number of rotatable bonds is 3. The van der Waals surface area contributed by atoms with Gasteiger partial charge in [0.1, 0.15) is 5.75 Å². The van der Waals surface area contributed by atoms with E-state index < -0.39 is 5.54 Å². The molecule has 3 nitrogen and oxygen atoms in total. The Morgan fingerprint density at radius 2 is 1.94 bits per heavy atom. The molecule has 0 saturated carbocycles. The SMILES string of the molecule is C#CC(C)(C)NC(=S)Nc1ccc(OC)cc1. The van der Waals surface area contributed by atoms with E-state index in [-0.39, 0.29) is 0 Å². The Morgan fingerprint density at radius 1 is 1.35 bits per heavy atom. The van der Waals surface area contributed by atoms with Crippen LogP contribution in [0.15, 0.2) is 24.3 Å². The second-order valence-corrected chi connectivity index (χ2v) is 4.49. The third-order valence-corrected chi connectivity index (χ3v) is 2.34. The number of methoxy groups -OCH3 is 1. The number of ether oxygens (including phenoxy) is 1. The lowest BCUT2D eigenvalue weighted by atomic mass is 10.1. The van der Waals surface area contributed by atoms with Crippen molar-refractivity contribution in [2.24, 2.45) is 0 Å². The van der Waals surface area contributed by atoms with E-state index in [0.29, 0.717) is 5.11 Å². The molecule has 0 spiro atoms. The van der Waals surface area contributed by atoms with Gasteiger partial charge in [0, 0.05) is 5.69 Å². The molecule has 2 N–H and O–H groups in total. The lowest BCUT2D eigenvalue weighted by molar-refractivity contribution is 0.415. The van der Waals surface area contributed by atoms with Gasteiger partial charge in [-0.15, -0.1) is 6.42 Å². The van der Waals surface area contributed by atoms with Crippen LogP contribution in [0.25, 0.3) is 0 Å². The minimum absolute atomic E-state index is 0.462. The number of terminal acetylenes is 1. The number of hydrogen-bond donors (Lipinski definition) is 2. The molecule has 0 aliphatic heterocycles. The zero-order valence-electron chi connectivity index (χ0n) is 10.2. The number of anilines is 1. The zero-order chi connectivity index (χ0) is 12.9. The van der Waals surface area contributed by atoms with Crippen molar-refractivity contribution in [1.29, 1.82) is 0 Å². The van der Waals surface area contributed by atoms with Crippen LogP contribution in [0.5, 0.6) is 5.75 Å². The molecular weight excluding hydrogens is 232 g/mol. The average molecular weight is 248 g/mol. The summed E-state index contributed by atoms with van der Waals surface area (Å²) in [4.78, 5) is 0. The van der Waals surface area contributed by atoms with Crippen LogP contribution in [0.1, 0.15) is 13.8 Å². The third-order valence-electron chi connectivity index (χ3n) is 2.13. The largest absolute Gasteiger partial charge is 0.497 e. The molecule has 1 aromatic carbocycles. The van der Waals surface area contributed by atoms with Crippen LogP contribution in [-0.2, 0) is 0 Å². The van der Waals surface area contributed by atoms with Crippen LogP contribution >= 0.6 is 12.2 Å². The first-order valence-corrected chi connectivity index (χ1v) is 5.58. The first-order valence-electron chi connectivity index (χ1n) is 5.18. The summed E-state index contributed by atoms with van der Waals surface area (Å²) in [6.07, 6.45) is 5.37. The summed E-state index contributed by atoms with van der Waals surface area (Å²) in [7, 11) is 1.63. The first kappa shape index (κ1) is 13.3. The fraction of sp³-hybridized carbons (Fsp3) is 0.308. The van der Waals surface area contributed by atoms with Crippen LogP contribution in [-0.4, -0.2) is 17.8 Å². The summed E-state index contributed by atoms with van der Waals surface area (Å²) in [6.45, 7) is 3.77. The molecule has 0 aliphatic rings. The van der Waals surface area contributed by atoms with Crippen LogP contribution in [0.2, 0.25) is 0 Å². The highest BCUT2D eigenvalue weighted by atomic mass is 32.1. The molecule has 0 radical (unpaired) electrons. The Morgan fingerprint density at radius 3 is 2.41 bits per heavy atom. The van der Waals surface area contributed by atoms with Gasteiger partial charge in [-0.3, -0.25) is 0 Å². The van der Waals surface area contributed by atoms with Crippen molar-refractivity contribution in [3.63, 3.8) is 0 Å². The van der Waals surface area contributed by atoms with E-state index in [4.69, 9.17) is 23.4 Å². The van der Waals surface area contributed by atoms with Crippen molar-refractivity contribution in [2.75, 3.05) is 12.4 Å². The summed E-state index contributed by atoms with van der Waals surface area (Å²) in [5.41, 5.74) is 0.424. The maximum Gasteiger partial charge on any atom is 0.171 e. The van der Waals surface area contributed by atoms with Crippen molar-refractivity contribution >= 4 is 23.0 Å². The van der Waals surface area contributed by atoms with E-state index >= 15 is 0 Å². The molecule has 0 bridgehead atoms. The van der Waals surface area contributed by atoms with E-state index in [1.807, 2.05) is 38.1 Å². The Hall–Kier alpha value is -1.73. The Bertz CT molecular complexity index is 432. The standard InChI is InChI=1S/C13H16N2OS/c1-5-13(2,3)15-12(17)14-10-6-8-11(16-4)9-7-10/h1,6-9H,2-4H3,(H2,14,15,17). The van der Waals surface area contributed by atoms with Crippen LogP contribution < -0.4 is 15.4 Å². The summed E-state index contributed by atoms with van der Waals surface area (Å²) in [6, 6.07) is 7.49. The monoisotopic (exact) mass is 248 g/mol. The van der Waals surface area contributed by atoms with Gasteiger partial charge < -0.3 is 15.4 Å². The highest BCUT2D eigenvalue weighted by molar-refractivity contribution is 7.80. The first-order chi connectivity index (χ1) is 7.96. The summed E-state index contributed by atoms with van der Waals surface area (Å²) in [5, 5.41) is 6.59. The summed E-state index contributed by atoms with van der Waals surface area (Å²) < 4.78 is 5.07. The number of benzene rings is 1. The van der Waals surface area contributed by atoms with E-state index in [1.165, 1.54) is 0 Å². The molecule has 0 heterocycles. The highest BCUT2D eigenvalue weighted by Crippen LogP contribution is 2.15. The quantitative estimate of drug-likeness (QED) is 0.635. The topological polar surface area (TPSA) is 33.3 Å². The average Bonchev–Trinajstić information content (AvgIpc) is 2.29. The second kappa shape index (κ2) is 5.55. The minimum atomic E-state index is -0.462. The normalized spacial score (nSPS) is 10.2. The van der Waals surface area contributed by atoms with E-state index in [2.05, 4.69) is 16.6 Å². The maximum absolute atomic E-state index is 5.37. The molecule has 17 heavy (non-hydrogen) atoms.